The van der Waals surface area contributed by atoms with Crippen LogP contribution in [0.4, 0.5) is 5.69 Å². The molecule has 0 saturated carbocycles. The van der Waals surface area contributed by atoms with Crippen LogP contribution in [-0.2, 0) is 11.2 Å². The molecule has 1 aliphatic rings. The summed E-state index contributed by atoms with van der Waals surface area (Å²) < 4.78 is 0. The van der Waals surface area contributed by atoms with Crippen molar-refractivity contribution in [2.45, 2.75) is 39.2 Å². The standard InChI is InChI=1S/C17H25N3O2.ClH/c1-17(2,3)19-15(21)11-20(4)16(22)13-7-5-9-14-12(13)8-6-10-18-14;/h5,7,9,18H,6,8,10-11H2,1-4H3,(H,19,21);1H. The topological polar surface area (TPSA) is 61.4 Å². The molecule has 5 nitrogen and oxygen atoms in total. The predicted molar refractivity (Wildman–Crippen MR) is 95.4 cm³/mol. The Morgan fingerprint density at radius 1 is 1.30 bits per heavy atom. The number of halogens is 1. The minimum Gasteiger partial charge on any atom is -0.385 e. The predicted octanol–water partition coefficient (Wildman–Crippen LogP) is 2.45. The molecule has 0 radical (unpaired) electrons. The van der Waals surface area contributed by atoms with Gasteiger partial charge in [0, 0.05) is 30.4 Å². The van der Waals surface area contributed by atoms with Crippen LogP contribution in [0.25, 0.3) is 0 Å². The molecule has 0 atom stereocenters. The molecule has 2 N–H and O–H groups in total. The summed E-state index contributed by atoms with van der Waals surface area (Å²) in [6.45, 7) is 6.77. The molecule has 23 heavy (non-hydrogen) atoms. The molecule has 1 aromatic rings. The van der Waals surface area contributed by atoms with Gasteiger partial charge in [0.05, 0.1) is 6.54 Å². The number of likely N-dealkylation sites (N-methyl/N-ethyl adjacent to an activating group) is 1. The van der Waals surface area contributed by atoms with E-state index < -0.39 is 0 Å². The number of hydrogen-bond donors (Lipinski definition) is 2. The molecule has 1 aromatic carbocycles. The van der Waals surface area contributed by atoms with E-state index in [0.29, 0.717) is 5.56 Å². The Labute approximate surface area is 144 Å². The number of anilines is 1. The van der Waals surface area contributed by atoms with Gasteiger partial charge in [-0.05, 0) is 51.3 Å². The lowest BCUT2D eigenvalue weighted by molar-refractivity contribution is -0.122. The zero-order chi connectivity index (χ0) is 16.3. The molecule has 2 amide bonds. The molecule has 0 bridgehead atoms. The largest absolute Gasteiger partial charge is 0.385 e. The fourth-order valence-electron chi connectivity index (χ4n) is 2.66. The summed E-state index contributed by atoms with van der Waals surface area (Å²) in [5.74, 6) is -0.254. The number of benzene rings is 1. The Bertz CT molecular complexity index is 582. The molecule has 0 fully saturated rings. The van der Waals surface area contributed by atoms with Gasteiger partial charge in [-0.25, -0.2) is 0 Å². The molecule has 6 heteroatoms. The number of carbonyl (C=O) groups is 2. The van der Waals surface area contributed by atoms with Gasteiger partial charge >= 0.3 is 0 Å². The van der Waals surface area contributed by atoms with Gasteiger partial charge in [0.15, 0.2) is 0 Å². The van der Waals surface area contributed by atoms with Gasteiger partial charge in [0.25, 0.3) is 5.91 Å². The number of carbonyl (C=O) groups excluding carboxylic acids is 2. The molecule has 0 aliphatic carbocycles. The third-order valence-electron chi connectivity index (χ3n) is 3.57. The maximum absolute atomic E-state index is 12.6. The molecule has 1 aliphatic heterocycles. The van der Waals surface area contributed by atoms with Gasteiger partial charge in [0.1, 0.15) is 0 Å². The van der Waals surface area contributed by atoms with Crippen LogP contribution in [0.15, 0.2) is 18.2 Å². The summed E-state index contributed by atoms with van der Waals surface area (Å²) in [7, 11) is 1.67. The van der Waals surface area contributed by atoms with Crippen LogP contribution in [0.1, 0.15) is 43.1 Å². The highest BCUT2D eigenvalue weighted by atomic mass is 35.5. The number of nitrogens with one attached hydrogen (secondary N) is 2. The first-order chi connectivity index (χ1) is 10.3. The van der Waals surface area contributed by atoms with Crippen molar-refractivity contribution in [1.82, 2.24) is 10.2 Å². The fourth-order valence-corrected chi connectivity index (χ4v) is 2.66. The van der Waals surface area contributed by atoms with Crippen LogP contribution in [0.5, 0.6) is 0 Å². The van der Waals surface area contributed by atoms with Crippen molar-refractivity contribution in [3.8, 4) is 0 Å². The van der Waals surface area contributed by atoms with Crippen molar-refractivity contribution in [3.63, 3.8) is 0 Å². The first-order valence-electron chi connectivity index (χ1n) is 7.70. The van der Waals surface area contributed by atoms with Gasteiger partial charge in [-0.3, -0.25) is 9.59 Å². The van der Waals surface area contributed by atoms with Crippen LogP contribution in [0, 0.1) is 0 Å². The SMILES string of the molecule is CN(CC(=O)NC(C)(C)C)C(=O)c1cccc2c1CCCN2.Cl. The van der Waals surface area contributed by atoms with Gasteiger partial charge in [-0.1, -0.05) is 6.07 Å². The Morgan fingerprint density at radius 2 is 2.00 bits per heavy atom. The van der Waals surface area contributed by atoms with E-state index >= 15 is 0 Å². The lowest BCUT2D eigenvalue weighted by Gasteiger charge is -2.25. The van der Waals surface area contributed by atoms with Gasteiger partial charge < -0.3 is 15.5 Å². The summed E-state index contributed by atoms with van der Waals surface area (Å²) in [5, 5.41) is 6.19. The van der Waals surface area contributed by atoms with Crippen molar-refractivity contribution >= 4 is 29.9 Å². The molecule has 0 unspecified atom stereocenters. The minimum atomic E-state index is -0.295. The van der Waals surface area contributed by atoms with E-state index in [0.717, 1.165) is 30.6 Å². The highest BCUT2D eigenvalue weighted by molar-refractivity contribution is 5.99. The maximum atomic E-state index is 12.6. The first kappa shape index (κ1) is 19.3. The number of fused-ring (bicyclic) bond motifs is 1. The molecular formula is C17H26ClN3O2. The van der Waals surface area contributed by atoms with Crippen LogP contribution >= 0.6 is 12.4 Å². The molecule has 1 heterocycles. The average Bonchev–Trinajstić information content (AvgIpc) is 2.43. The van der Waals surface area contributed by atoms with Crippen molar-refractivity contribution in [1.29, 1.82) is 0 Å². The van der Waals surface area contributed by atoms with Crippen molar-refractivity contribution in [2.24, 2.45) is 0 Å². The normalized spacial score (nSPS) is 13.2. The van der Waals surface area contributed by atoms with Crippen molar-refractivity contribution in [2.75, 3.05) is 25.5 Å². The zero-order valence-corrected chi connectivity index (χ0v) is 15.0. The molecule has 2 rings (SSSR count). The van der Waals surface area contributed by atoms with E-state index in [1.165, 1.54) is 4.90 Å². The molecule has 0 aromatic heterocycles. The van der Waals surface area contributed by atoms with Crippen LogP contribution < -0.4 is 10.6 Å². The summed E-state index contributed by atoms with van der Waals surface area (Å²) in [6, 6.07) is 5.72. The minimum absolute atomic E-state index is 0. The first-order valence-corrected chi connectivity index (χ1v) is 7.70. The van der Waals surface area contributed by atoms with Crippen molar-refractivity contribution in [3.05, 3.63) is 29.3 Å². The van der Waals surface area contributed by atoms with Crippen LogP contribution in [0.3, 0.4) is 0 Å². The summed E-state index contributed by atoms with van der Waals surface area (Å²) in [5.41, 5.74) is 2.49. The number of hydrogen-bond acceptors (Lipinski definition) is 3. The highest BCUT2D eigenvalue weighted by Gasteiger charge is 2.22. The Kier molecular flexibility index (Phi) is 6.45. The summed E-state index contributed by atoms with van der Waals surface area (Å²) in [6.07, 6.45) is 1.91. The fraction of sp³-hybridized carbons (Fsp3) is 0.529. The van der Waals surface area contributed by atoms with E-state index in [2.05, 4.69) is 10.6 Å². The molecule has 128 valence electrons. The second-order valence-electron chi connectivity index (χ2n) is 6.82. The Morgan fingerprint density at radius 3 is 2.65 bits per heavy atom. The highest BCUT2D eigenvalue weighted by Crippen LogP contribution is 2.26. The van der Waals surface area contributed by atoms with Crippen LogP contribution in [0.2, 0.25) is 0 Å². The van der Waals surface area contributed by atoms with E-state index in [-0.39, 0.29) is 36.3 Å². The summed E-state index contributed by atoms with van der Waals surface area (Å²) in [4.78, 5) is 26.1. The second-order valence-corrected chi connectivity index (χ2v) is 6.82. The number of amides is 2. The van der Waals surface area contributed by atoms with Gasteiger partial charge in [-0.15, -0.1) is 12.4 Å². The molecular weight excluding hydrogens is 314 g/mol. The average molecular weight is 340 g/mol. The van der Waals surface area contributed by atoms with Gasteiger partial charge in [-0.2, -0.15) is 0 Å². The second kappa shape index (κ2) is 7.68. The monoisotopic (exact) mass is 339 g/mol. The smallest absolute Gasteiger partial charge is 0.254 e. The summed E-state index contributed by atoms with van der Waals surface area (Å²) >= 11 is 0. The quantitative estimate of drug-likeness (QED) is 0.889. The lowest BCUT2D eigenvalue weighted by Crippen LogP contribution is -2.46. The third-order valence-corrected chi connectivity index (χ3v) is 3.57. The van der Waals surface area contributed by atoms with E-state index in [9.17, 15) is 9.59 Å². The van der Waals surface area contributed by atoms with E-state index in [4.69, 9.17) is 0 Å². The Hall–Kier alpha value is -1.75. The van der Waals surface area contributed by atoms with E-state index in [1.54, 1.807) is 7.05 Å². The Balaban J connectivity index is 0.00000264. The molecule has 0 spiro atoms. The maximum Gasteiger partial charge on any atom is 0.254 e. The van der Waals surface area contributed by atoms with E-state index in [1.807, 2.05) is 39.0 Å². The third kappa shape index (κ3) is 5.13. The van der Waals surface area contributed by atoms with Crippen molar-refractivity contribution < 1.29 is 9.59 Å². The number of rotatable bonds is 3. The number of nitrogens with zero attached hydrogens (tertiary/aromatic N) is 1. The zero-order valence-electron chi connectivity index (χ0n) is 14.2. The molecule has 0 saturated heterocycles. The lowest BCUT2D eigenvalue weighted by atomic mass is 9.97. The van der Waals surface area contributed by atoms with Gasteiger partial charge in [0.2, 0.25) is 5.91 Å². The van der Waals surface area contributed by atoms with Crippen LogP contribution in [-0.4, -0.2) is 42.4 Å².